The van der Waals surface area contributed by atoms with E-state index < -0.39 is 0 Å². The normalized spacial score (nSPS) is 22.1. The van der Waals surface area contributed by atoms with Crippen LogP contribution in [0.3, 0.4) is 0 Å². The van der Waals surface area contributed by atoms with Gasteiger partial charge in [-0.05, 0) is 43.7 Å². The Hall–Kier alpha value is -2.38. The molecule has 1 fully saturated rings. The second kappa shape index (κ2) is 7.70. The molecule has 0 saturated heterocycles. The Morgan fingerprint density at radius 3 is 2.81 bits per heavy atom. The minimum absolute atomic E-state index is 0.155. The van der Waals surface area contributed by atoms with Crippen molar-refractivity contribution in [1.29, 1.82) is 0 Å². The van der Waals surface area contributed by atoms with Crippen LogP contribution in [-0.2, 0) is 6.54 Å². The van der Waals surface area contributed by atoms with Gasteiger partial charge in [0.05, 0.1) is 23.4 Å². The number of urea groups is 1. The standard InChI is InChI=1S/C19H22ClN5O2/c20-15-3-1-2-4-16(15)25-11-13-10-22-18(23-17(13)24-19(25)27)21-9-12-5-7-14(26)8-6-12/h1-4,10,12,14,26H,5-9,11H2,(H2,21,22,23,24,27). The molecule has 0 radical (unpaired) electrons. The van der Waals surface area contributed by atoms with E-state index in [0.29, 0.717) is 34.9 Å². The molecule has 2 aromatic rings. The highest BCUT2D eigenvalue weighted by Crippen LogP contribution is 2.31. The van der Waals surface area contributed by atoms with Gasteiger partial charge in [0.2, 0.25) is 5.95 Å². The van der Waals surface area contributed by atoms with Crippen LogP contribution in [0.4, 0.5) is 22.2 Å². The number of nitrogens with one attached hydrogen (secondary N) is 2. The largest absolute Gasteiger partial charge is 0.393 e. The molecule has 2 heterocycles. The van der Waals surface area contributed by atoms with Gasteiger partial charge in [0, 0.05) is 18.3 Å². The number of nitrogens with zero attached hydrogens (tertiary/aromatic N) is 3. The SMILES string of the molecule is O=C1Nc2nc(NCC3CCC(O)CC3)ncc2CN1c1ccccc1Cl. The molecular weight excluding hydrogens is 366 g/mol. The number of benzene rings is 1. The molecule has 27 heavy (non-hydrogen) atoms. The van der Waals surface area contributed by atoms with Crippen molar-refractivity contribution in [3.63, 3.8) is 0 Å². The topological polar surface area (TPSA) is 90.4 Å². The molecule has 1 aliphatic carbocycles. The van der Waals surface area contributed by atoms with Gasteiger partial charge in [-0.2, -0.15) is 4.98 Å². The van der Waals surface area contributed by atoms with Crippen molar-refractivity contribution >= 4 is 35.1 Å². The van der Waals surface area contributed by atoms with Crippen LogP contribution in [0.1, 0.15) is 31.2 Å². The summed E-state index contributed by atoms with van der Waals surface area (Å²) in [5.74, 6) is 1.55. The minimum Gasteiger partial charge on any atom is -0.393 e. The van der Waals surface area contributed by atoms with Crippen molar-refractivity contribution in [2.24, 2.45) is 5.92 Å². The summed E-state index contributed by atoms with van der Waals surface area (Å²) in [5.41, 5.74) is 1.49. The van der Waals surface area contributed by atoms with Crippen LogP contribution >= 0.6 is 11.6 Å². The van der Waals surface area contributed by atoms with Gasteiger partial charge in [-0.1, -0.05) is 23.7 Å². The Bertz CT molecular complexity index is 839. The highest BCUT2D eigenvalue weighted by molar-refractivity contribution is 6.34. The van der Waals surface area contributed by atoms with Crippen LogP contribution < -0.4 is 15.5 Å². The van der Waals surface area contributed by atoms with Crippen molar-refractivity contribution in [3.8, 4) is 0 Å². The third kappa shape index (κ3) is 3.99. The van der Waals surface area contributed by atoms with Crippen molar-refractivity contribution in [2.45, 2.75) is 38.3 Å². The molecule has 4 rings (SSSR count). The number of fused-ring (bicyclic) bond motifs is 1. The molecule has 0 atom stereocenters. The molecular formula is C19H22ClN5O2. The molecule has 142 valence electrons. The first kappa shape index (κ1) is 18.0. The predicted molar refractivity (Wildman–Crippen MR) is 105 cm³/mol. The van der Waals surface area contributed by atoms with Crippen molar-refractivity contribution < 1.29 is 9.90 Å². The summed E-state index contributed by atoms with van der Waals surface area (Å²) in [5, 5.41) is 16.2. The van der Waals surface area contributed by atoms with Crippen LogP contribution in [-0.4, -0.2) is 33.8 Å². The zero-order valence-electron chi connectivity index (χ0n) is 14.9. The number of hydrogen-bond donors (Lipinski definition) is 3. The molecule has 1 saturated carbocycles. The number of hydrogen-bond acceptors (Lipinski definition) is 5. The summed E-state index contributed by atoms with van der Waals surface area (Å²) in [6, 6.07) is 6.98. The molecule has 0 unspecified atom stereocenters. The fraction of sp³-hybridized carbons (Fsp3) is 0.421. The third-order valence-corrected chi connectivity index (χ3v) is 5.49. The molecule has 0 spiro atoms. The Morgan fingerprint density at radius 2 is 2.04 bits per heavy atom. The molecule has 8 heteroatoms. The van der Waals surface area contributed by atoms with E-state index in [4.69, 9.17) is 11.6 Å². The Kier molecular flexibility index (Phi) is 5.13. The van der Waals surface area contributed by atoms with E-state index in [-0.39, 0.29) is 12.1 Å². The summed E-state index contributed by atoms with van der Waals surface area (Å²) in [7, 11) is 0. The first-order valence-corrected chi connectivity index (χ1v) is 9.59. The second-order valence-electron chi connectivity index (χ2n) is 7.09. The Labute approximate surface area is 162 Å². The maximum Gasteiger partial charge on any atom is 0.327 e. The number of para-hydroxylation sites is 1. The first-order valence-electron chi connectivity index (χ1n) is 9.21. The smallest absolute Gasteiger partial charge is 0.327 e. The molecule has 2 aliphatic rings. The van der Waals surface area contributed by atoms with Gasteiger partial charge in [-0.3, -0.25) is 10.2 Å². The van der Waals surface area contributed by atoms with E-state index in [9.17, 15) is 9.90 Å². The highest BCUT2D eigenvalue weighted by atomic mass is 35.5. The molecule has 1 aromatic carbocycles. The van der Waals surface area contributed by atoms with Crippen LogP contribution in [0, 0.1) is 5.92 Å². The number of carbonyl (C=O) groups is 1. The van der Waals surface area contributed by atoms with E-state index >= 15 is 0 Å². The maximum atomic E-state index is 12.5. The van der Waals surface area contributed by atoms with Crippen LogP contribution in [0.5, 0.6) is 0 Å². The third-order valence-electron chi connectivity index (χ3n) is 5.17. The van der Waals surface area contributed by atoms with E-state index in [0.717, 1.165) is 37.8 Å². The number of anilines is 3. The van der Waals surface area contributed by atoms with Gasteiger partial charge in [0.25, 0.3) is 0 Å². The first-order chi connectivity index (χ1) is 13.1. The molecule has 2 amide bonds. The van der Waals surface area contributed by atoms with Crippen molar-refractivity contribution in [3.05, 3.63) is 41.0 Å². The average molecular weight is 388 g/mol. The van der Waals surface area contributed by atoms with E-state index in [1.165, 1.54) is 0 Å². The van der Waals surface area contributed by atoms with Gasteiger partial charge in [-0.15, -0.1) is 0 Å². The number of aromatic nitrogens is 2. The minimum atomic E-state index is -0.262. The summed E-state index contributed by atoms with van der Waals surface area (Å²) < 4.78 is 0. The highest BCUT2D eigenvalue weighted by Gasteiger charge is 2.27. The van der Waals surface area contributed by atoms with Gasteiger partial charge in [-0.25, -0.2) is 9.78 Å². The molecule has 1 aromatic heterocycles. The lowest BCUT2D eigenvalue weighted by Crippen LogP contribution is -2.39. The number of rotatable bonds is 4. The van der Waals surface area contributed by atoms with Crippen LogP contribution in [0.15, 0.2) is 30.5 Å². The predicted octanol–water partition coefficient (Wildman–Crippen LogP) is 3.65. The Morgan fingerprint density at radius 1 is 1.26 bits per heavy atom. The summed E-state index contributed by atoms with van der Waals surface area (Å²) in [6.45, 7) is 1.14. The lowest BCUT2D eigenvalue weighted by molar-refractivity contribution is 0.111. The average Bonchev–Trinajstić information content (AvgIpc) is 2.67. The fourth-order valence-electron chi connectivity index (χ4n) is 3.58. The molecule has 1 aliphatic heterocycles. The van der Waals surface area contributed by atoms with Gasteiger partial charge in [0.1, 0.15) is 5.82 Å². The second-order valence-corrected chi connectivity index (χ2v) is 7.50. The number of halogens is 1. The zero-order valence-corrected chi connectivity index (χ0v) is 15.6. The molecule has 0 bridgehead atoms. The number of amides is 2. The van der Waals surface area contributed by atoms with E-state index in [1.54, 1.807) is 17.2 Å². The van der Waals surface area contributed by atoms with Gasteiger partial charge < -0.3 is 10.4 Å². The van der Waals surface area contributed by atoms with Crippen molar-refractivity contribution in [2.75, 3.05) is 22.1 Å². The van der Waals surface area contributed by atoms with E-state index in [2.05, 4.69) is 20.6 Å². The van der Waals surface area contributed by atoms with Crippen LogP contribution in [0.2, 0.25) is 5.02 Å². The fourth-order valence-corrected chi connectivity index (χ4v) is 3.81. The maximum absolute atomic E-state index is 12.5. The number of aliphatic hydroxyl groups is 1. The van der Waals surface area contributed by atoms with Gasteiger partial charge >= 0.3 is 6.03 Å². The zero-order chi connectivity index (χ0) is 18.8. The Balaban J connectivity index is 1.44. The number of carbonyl (C=O) groups excluding carboxylic acids is 1. The van der Waals surface area contributed by atoms with Crippen LogP contribution in [0.25, 0.3) is 0 Å². The lowest BCUT2D eigenvalue weighted by Gasteiger charge is -2.29. The van der Waals surface area contributed by atoms with Gasteiger partial charge in [0.15, 0.2) is 0 Å². The summed E-state index contributed by atoms with van der Waals surface area (Å²) in [4.78, 5) is 22.9. The summed E-state index contributed by atoms with van der Waals surface area (Å²) in [6.07, 6.45) is 5.29. The molecule has 7 nitrogen and oxygen atoms in total. The number of aliphatic hydroxyl groups excluding tert-OH is 1. The summed E-state index contributed by atoms with van der Waals surface area (Å²) >= 11 is 6.22. The quantitative estimate of drug-likeness (QED) is 0.745. The lowest BCUT2D eigenvalue weighted by atomic mass is 9.87. The molecule has 3 N–H and O–H groups in total. The monoisotopic (exact) mass is 387 g/mol. The van der Waals surface area contributed by atoms with Crippen molar-refractivity contribution in [1.82, 2.24) is 9.97 Å². The van der Waals surface area contributed by atoms with E-state index in [1.807, 2.05) is 18.2 Å².